The SMILES string of the molecule is CCCC1Oc2cc(F)ccc2NC1=O. The Hall–Kier alpha value is -1.58. The molecule has 4 heteroatoms. The van der Waals surface area contributed by atoms with Crippen molar-refractivity contribution in [3.63, 3.8) is 0 Å². The van der Waals surface area contributed by atoms with Gasteiger partial charge in [0.1, 0.15) is 11.6 Å². The zero-order chi connectivity index (χ0) is 10.8. The molecule has 1 aromatic rings. The van der Waals surface area contributed by atoms with Crippen LogP contribution in [0, 0.1) is 5.82 Å². The number of nitrogens with one attached hydrogen (secondary N) is 1. The molecule has 1 heterocycles. The van der Waals surface area contributed by atoms with Crippen LogP contribution in [0.1, 0.15) is 19.8 Å². The third-order valence-electron chi connectivity index (χ3n) is 2.31. The summed E-state index contributed by atoms with van der Waals surface area (Å²) in [7, 11) is 0. The molecule has 0 radical (unpaired) electrons. The zero-order valence-corrected chi connectivity index (χ0v) is 8.42. The zero-order valence-electron chi connectivity index (χ0n) is 8.42. The first-order valence-corrected chi connectivity index (χ1v) is 4.97. The fourth-order valence-electron chi connectivity index (χ4n) is 1.57. The Morgan fingerprint density at radius 3 is 3.07 bits per heavy atom. The lowest BCUT2D eigenvalue weighted by molar-refractivity contribution is -0.123. The van der Waals surface area contributed by atoms with Crippen molar-refractivity contribution in [3.8, 4) is 5.75 Å². The minimum Gasteiger partial charge on any atom is -0.478 e. The molecule has 0 saturated heterocycles. The highest BCUT2D eigenvalue weighted by atomic mass is 19.1. The molecule has 1 N–H and O–H groups in total. The molecule has 0 aliphatic carbocycles. The number of hydrogen-bond donors (Lipinski definition) is 1. The van der Waals surface area contributed by atoms with E-state index in [4.69, 9.17) is 4.74 Å². The fraction of sp³-hybridized carbons (Fsp3) is 0.364. The van der Waals surface area contributed by atoms with Crippen LogP contribution in [0.4, 0.5) is 10.1 Å². The van der Waals surface area contributed by atoms with Gasteiger partial charge in [0, 0.05) is 6.07 Å². The number of anilines is 1. The molecule has 3 nitrogen and oxygen atoms in total. The van der Waals surface area contributed by atoms with Gasteiger partial charge in [-0.25, -0.2) is 4.39 Å². The highest BCUT2D eigenvalue weighted by Gasteiger charge is 2.26. The second kappa shape index (κ2) is 3.88. The van der Waals surface area contributed by atoms with E-state index < -0.39 is 6.10 Å². The Labute approximate surface area is 87.2 Å². The van der Waals surface area contributed by atoms with Crippen LogP contribution >= 0.6 is 0 Å². The smallest absolute Gasteiger partial charge is 0.265 e. The van der Waals surface area contributed by atoms with E-state index in [0.29, 0.717) is 17.9 Å². The van der Waals surface area contributed by atoms with Crippen molar-refractivity contribution in [1.82, 2.24) is 0 Å². The maximum Gasteiger partial charge on any atom is 0.265 e. The second-order valence-corrected chi connectivity index (χ2v) is 3.52. The monoisotopic (exact) mass is 209 g/mol. The number of ether oxygens (including phenoxy) is 1. The van der Waals surface area contributed by atoms with E-state index in [1.807, 2.05) is 6.92 Å². The molecule has 0 bridgehead atoms. The number of benzene rings is 1. The van der Waals surface area contributed by atoms with Gasteiger partial charge in [-0.3, -0.25) is 4.79 Å². The van der Waals surface area contributed by atoms with Crippen molar-refractivity contribution in [2.75, 3.05) is 5.32 Å². The number of carbonyl (C=O) groups is 1. The molecule has 0 saturated carbocycles. The van der Waals surface area contributed by atoms with E-state index in [-0.39, 0.29) is 11.7 Å². The number of halogens is 1. The minimum atomic E-state index is -0.496. The van der Waals surface area contributed by atoms with Crippen molar-refractivity contribution in [1.29, 1.82) is 0 Å². The lowest BCUT2D eigenvalue weighted by Crippen LogP contribution is -2.36. The van der Waals surface area contributed by atoms with Gasteiger partial charge >= 0.3 is 0 Å². The summed E-state index contributed by atoms with van der Waals surface area (Å²) in [6, 6.07) is 4.09. The van der Waals surface area contributed by atoms with Gasteiger partial charge in [0.2, 0.25) is 0 Å². The third-order valence-corrected chi connectivity index (χ3v) is 2.31. The van der Waals surface area contributed by atoms with Crippen LogP contribution in [0.3, 0.4) is 0 Å². The van der Waals surface area contributed by atoms with E-state index in [1.165, 1.54) is 18.2 Å². The molecule has 0 fully saturated rings. The summed E-state index contributed by atoms with van der Waals surface area (Å²) < 4.78 is 18.3. The molecule has 1 aromatic carbocycles. The second-order valence-electron chi connectivity index (χ2n) is 3.52. The maximum atomic E-state index is 12.9. The lowest BCUT2D eigenvalue weighted by atomic mass is 10.1. The molecule has 80 valence electrons. The summed E-state index contributed by atoms with van der Waals surface area (Å²) in [5, 5.41) is 2.69. The Kier molecular flexibility index (Phi) is 2.58. The number of carbonyl (C=O) groups excluding carboxylic acids is 1. The molecule has 1 unspecified atom stereocenters. The predicted molar refractivity (Wildman–Crippen MR) is 54.4 cm³/mol. The van der Waals surface area contributed by atoms with Gasteiger partial charge in [0.25, 0.3) is 5.91 Å². The topological polar surface area (TPSA) is 38.3 Å². The first-order valence-electron chi connectivity index (χ1n) is 4.97. The van der Waals surface area contributed by atoms with E-state index in [1.54, 1.807) is 0 Å². The van der Waals surface area contributed by atoms with Crippen molar-refractivity contribution in [2.24, 2.45) is 0 Å². The van der Waals surface area contributed by atoms with E-state index in [9.17, 15) is 9.18 Å². The normalized spacial score (nSPS) is 19.1. The number of rotatable bonds is 2. The van der Waals surface area contributed by atoms with Crippen LogP contribution in [0.25, 0.3) is 0 Å². The van der Waals surface area contributed by atoms with Gasteiger partial charge in [-0.1, -0.05) is 13.3 Å². The van der Waals surface area contributed by atoms with E-state index in [0.717, 1.165) is 6.42 Å². The third kappa shape index (κ3) is 1.93. The quantitative estimate of drug-likeness (QED) is 0.811. The number of fused-ring (bicyclic) bond motifs is 1. The summed E-state index contributed by atoms with van der Waals surface area (Å²) in [4.78, 5) is 11.5. The number of amides is 1. The van der Waals surface area contributed by atoms with Crippen molar-refractivity contribution < 1.29 is 13.9 Å². The molecule has 0 aromatic heterocycles. The van der Waals surface area contributed by atoms with Gasteiger partial charge in [-0.2, -0.15) is 0 Å². The molecular weight excluding hydrogens is 197 g/mol. The van der Waals surface area contributed by atoms with Crippen molar-refractivity contribution >= 4 is 11.6 Å². The summed E-state index contributed by atoms with van der Waals surface area (Å²) in [5.41, 5.74) is 0.536. The van der Waals surface area contributed by atoms with E-state index >= 15 is 0 Å². The van der Waals surface area contributed by atoms with Gasteiger partial charge < -0.3 is 10.1 Å². The first kappa shape index (κ1) is 9.96. The fourth-order valence-corrected chi connectivity index (χ4v) is 1.57. The van der Waals surface area contributed by atoms with Crippen LogP contribution < -0.4 is 10.1 Å². The molecule has 15 heavy (non-hydrogen) atoms. The minimum absolute atomic E-state index is 0.157. The Morgan fingerprint density at radius 2 is 2.33 bits per heavy atom. The average Bonchev–Trinajstić information content (AvgIpc) is 2.20. The van der Waals surface area contributed by atoms with Crippen LogP contribution in [-0.4, -0.2) is 12.0 Å². The highest BCUT2D eigenvalue weighted by Crippen LogP contribution is 2.30. The Morgan fingerprint density at radius 1 is 1.53 bits per heavy atom. The van der Waals surface area contributed by atoms with Crippen LogP contribution in [0.2, 0.25) is 0 Å². The molecule has 2 rings (SSSR count). The average molecular weight is 209 g/mol. The van der Waals surface area contributed by atoms with Crippen molar-refractivity contribution in [2.45, 2.75) is 25.9 Å². The lowest BCUT2D eigenvalue weighted by Gasteiger charge is -2.25. The summed E-state index contributed by atoms with van der Waals surface area (Å²) >= 11 is 0. The first-order chi connectivity index (χ1) is 7.20. The van der Waals surface area contributed by atoms with Crippen LogP contribution in [0.5, 0.6) is 5.75 Å². The molecule has 1 aliphatic rings. The Bertz CT molecular complexity index is 392. The van der Waals surface area contributed by atoms with Gasteiger partial charge in [0.15, 0.2) is 6.10 Å². The van der Waals surface area contributed by atoms with Gasteiger partial charge in [-0.15, -0.1) is 0 Å². The molecule has 1 atom stereocenters. The molecule has 1 aliphatic heterocycles. The summed E-state index contributed by atoms with van der Waals surface area (Å²) in [5.74, 6) is -0.107. The summed E-state index contributed by atoms with van der Waals surface area (Å²) in [6.45, 7) is 1.97. The van der Waals surface area contributed by atoms with E-state index in [2.05, 4.69) is 5.32 Å². The van der Waals surface area contributed by atoms with Gasteiger partial charge in [-0.05, 0) is 18.6 Å². The largest absolute Gasteiger partial charge is 0.478 e. The predicted octanol–water partition coefficient (Wildman–Crippen LogP) is 2.33. The maximum absolute atomic E-state index is 12.9. The van der Waals surface area contributed by atoms with Gasteiger partial charge in [0.05, 0.1) is 5.69 Å². The Balaban J connectivity index is 2.26. The standard InChI is InChI=1S/C11H12FNO2/c1-2-3-9-11(14)13-8-5-4-7(12)6-10(8)15-9/h4-6,9H,2-3H2,1H3,(H,13,14). The molecular formula is C11H12FNO2. The molecule has 1 amide bonds. The number of hydrogen-bond acceptors (Lipinski definition) is 2. The molecule has 0 spiro atoms. The van der Waals surface area contributed by atoms with Crippen LogP contribution in [-0.2, 0) is 4.79 Å². The van der Waals surface area contributed by atoms with Crippen molar-refractivity contribution in [3.05, 3.63) is 24.0 Å². The summed E-state index contributed by atoms with van der Waals surface area (Å²) in [6.07, 6.45) is 0.995. The van der Waals surface area contributed by atoms with Crippen LogP contribution in [0.15, 0.2) is 18.2 Å². The highest BCUT2D eigenvalue weighted by molar-refractivity contribution is 5.97.